The number of hydrogen-bond acceptors (Lipinski definition) is 3. The van der Waals surface area contributed by atoms with Crippen molar-refractivity contribution < 1.29 is 9.52 Å². The lowest BCUT2D eigenvalue weighted by molar-refractivity contribution is 0.472. The summed E-state index contributed by atoms with van der Waals surface area (Å²) in [5, 5.41) is 10.1. The molecule has 4 heteroatoms. The van der Waals surface area contributed by atoms with Gasteiger partial charge in [0.1, 0.15) is 11.3 Å². The van der Waals surface area contributed by atoms with E-state index in [2.05, 4.69) is 0 Å². The summed E-state index contributed by atoms with van der Waals surface area (Å²) in [6.45, 7) is 1.86. The van der Waals surface area contributed by atoms with Gasteiger partial charge in [0.2, 0.25) is 0 Å². The van der Waals surface area contributed by atoms with E-state index in [1.807, 2.05) is 6.92 Å². The summed E-state index contributed by atoms with van der Waals surface area (Å²) in [7, 11) is 0. The number of benzene rings is 1. The Kier molecular flexibility index (Phi) is 2.88. The standard InChI is InChI=1S/C12H11ClO3/c1-7-9-3-2-8(14)6-11(9)16-12(15)10(7)4-5-13/h2-3,6,14H,4-5H2,1H3. The second kappa shape index (κ2) is 4.18. The van der Waals surface area contributed by atoms with Gasteiger partial charge in [0.05, 0.1) is 0 Å². The fraction of sp³-hybridized carbons (Fsp3) is 0.250. The highest BCUT2D eigenvalue weighted by atomic mass is 35.5. The van der Waals surface area contributed by atoms with Gasteiger partial charge in [-0.05, 0) is 31.0 Å². The van der Waals surface area contributed by atoms with E-state index in [4.69, 9.17) is 16.0 Å². The molecular weight excluding hydrogens is 228 g/mol. The van der Waals surface area contributed by atoms with Gasteiger partial charge in [-0.25, -0.2) is 4.79 Å². The number of hydrogen-bond donors (Lipinski definition) is 1. The summed E-state index contributed by atoms with van der Waals surface area (Å²) in [6.07, 6.45) is 0.493. The van der Waals surface area contributed by atoms with Crippen molar-refractivity contribution in [1.29, 1.82) is 0 Å². The van der Waals surface area contributed by atoms with Crippen LogP contribution in [0, 0.1) is 6.92 Å². The van der Waals surface area contributed by atoms with Gasteiger partial charge in [0, 0.05) is 22.9 Å². The lowest BCUT2D eigenvalue weighted by atomic mass is 10.0. The highest BCUT2D eigenvalue weighted by Gasteiger charge is 2.10. The first kappa shape index (κ1) is 11.0. The van der Waals surface area contributed by atoms with Gasteiger partial charge in [-0.2, -0.15) is 0 Å². The molecule has 84 valence electrons. The van der Waals surface area contributed by atoms with Gasteiger partial charge >= 0.3 is 5.63 Å². The quantitative estimate of drug-likeness (QED) is 0.646. The van der Waals surface area contributed by atoms with E-state index < -0.39 is 0 Å². The lowest BCUT2D eigenvalue weighted by Gasteiger charge is -2.06. The Labute approximate surface area is 97.3 Å². The monoisotopic (exact) mass is 238 g/mol. The first-order valence-electron chi connectivity index (χ1n) is 4.94. The van der Waals surface area contributed by atoms with Crippen LogP contribution in [0.5, 0.6) is 5.75 Å². The maximum Gasteiger partial charge on any atom is 0.339 e. The molecule has 2 rings (SSSR count). The van der Waals surface area contributed by atoms with E-state index in [0.29, 0.717) is 23.4 Å². The molecule has 0 radical (unpaired) electrons. The van der Waals surface area contributed by atoms with Crippen molar-refractivity contribution in [2.24, 2.45) is 0 Å². The summed E-state index contributed by atoms with van der Waals surface area (Å²) >= 11 is 5.64. The molecule has 0 saturated carbocycles. The average molecular weight is 239 g/mol. The van der Waals surface area contributed by atoms with Crippen LogP contribution in [0.1, 0.15) is 11.1 Å². The van der Waals surface area contributed by atoms with Gasteiger partial charge in [0.25, 0.3) is 0 Å². The van der Waals surface area contributed by atoms with Crippen LogP contribution < -0.4 is 5.63 Å². The zero-order chi connectivity index (χ0) is 11.7. The van der Waals surface area contributed by atoms with Crippen molar-refractivity contribution in [2.75, 3.05) is 5.88 Å². The first-order chi connectivity index (χ1) is 7.63. The van der Waals surface area contributed by atoms with Crippen molar-refractivity contribution in [3.8, 4) is 5.75 Å². The molecule has 0 aliphatic heterocycles. The third-order valence-corrected chi connectivity index (χ3v) is 2.80. The number of phenolic OH excluding ortho intramolecular Hbond substituents is 1. The lowest BCUT2D eigenvalue weighted by Crippen LogP contribution is -2.10. The van der Waals surface area contributed by atoms with Crippen LogP contribution in [0.25, 0.3) is 11.0 Å². The van der Waals surface area contributed by atoms with E-state index >= 15 is 0 Å². The third-order valence-electron chi connectivity index (χ3n) is 2.62. The Morgan fingerprint density at radius 3 is 2.88 bits per heavy atom. The normalized spacial score (nSPS) is 10.9. The minimum absolute atomic E-state index is 0.0835. The predicted octanol–water partition coefficient (Wildman–Crippen LogP) is 2.59. The van der Waals surface area contributed by atoms with Crippen LogP contribution in [-0.2, 0) is 6.42 Å². The second-order valence-corrected chi connectivity index (χ2v) is 3.99. The third kappa shape index (κ3) is 1.78. The largest absolute Gasteiger partial charge is 0.508 e. The van der Waals surface area contributed by atoms with Crippen molar-refractivity contribution in [2.45, 2.75) is 13.3 Å². The summed E-state index contributed by atoms with van der Waals surface area (Å²) < 4.78 is 5.13. The molecule has 0 atom stereocenters. The van der Waals surface area contributed by atoms with Crippen LogP contribution in [-0.4, -0.2) is 11.0 Å². The predicted molar refractivity (Wildman–Crippen MR) is 63.3 cm³/mol. The maximum atomic E-state index is 11.6. The Bertz CT molecular complexity index is 587. The van der Waals surface area contributed by atoms with Gasteiger partial charge in [0.15, 0.2) is 0 Å². The van der Waals surface area contributed by atoms with E-state index in [1.165, 1.54) is 6.07 Å². The van der Waals surface area contributed by atoms with E-state index in [-0.39, 0.29) is 11.4 Å². The fourth-order valence-corrected chi connectivity index (χ4v) is 1.96. The van der Waals surface area contributed by atoms with Crippen LogP contribution in [0.2, 0.25) is 0 Å². The minimum atomic E-state index is -0.378. The van der Waals surface area contributed by atoms with E-state index in [1.54, 1.807) is 12.1 Å². The number of fused-ring (bicyclic) bond motifs is 1. The minimum Gasteiger partial charge on any atom is -0.508 e. The highest BCUT2D eigenvalue weighted by molar-refractivity contribution is 6.18. The van der Waals surface area contributed by atoms with E-state index in [9.17, 15) is 9.90 Å². The van der Waals surface area contributed by atoms with Gasteiger partial charge in [-0.1, -0.05) is 0 Å². The zero-order valence-corrected chi connectivity index (χ0v) is 9.54. The van der Waals surface area contributed by atoms with Gasteiger partial charge in [-0.15, -0.1) is 11.6 Å². The molecule has 1 aromatic carbocycles. The molecule has 2 aromatic rings. The topological polar surface area (TPSA) is 50.4 Å². The first-order valence-corrected chi connectivity index (χ1v) is 5.48. The summed E-state index contributed by atoms with van der Waals surface area (Å²) in [4.78, 5) is 11.6. The number of halogens is 1. The fourth-order valence-electron chi connectivity index (χ4n) is 1.77. The number of aryl methyl sites for hydroxylation is 1. The Morgan fingerprint density at radius 1 is 1.44 bits per heavy atom. The molecular formula is C12H11ClO3. The zero-order valence-electron chi connectivity index (χ0n) is 8.79. The summed E-state index contributed by atoms with van der Waals surface area (Å²) in [6, 6.07) is 4.74. The molecule has 0 saturated heterocycles. The van der Waals surface area contributed by atoms with Crippen LogP contribution in [0.3, 0.4) is 0 Å². The van der Waals surface area contributed by atoms with Gasteiger partial charge < -0.3 is 9.52 Å². The number of rotatable bonds is 2. The molecule has 16 heavy (non-hydrogen) atoms. The highest BCUT2D eigenvalue weighted by Crippen LogP contribution is 2.23. The molecule has 1 N–H and O–H groups in total. The smallest absolute Gasteiger partial charge is 0.339 e. The number of aromatic hydroxyl groups is 1. The van der Waals surface area contributed by atoms with Crippen molar-refractivity contribution >= 4 is 22.6 Å². The van der Waals surface area contributed by atoms with Crippen molar-refractivity contribution in [1.82, 2.24) is 0 Å². The molecule has 0 bridgehead atoms. The van der Waals surface area contributed by atoms with Crippen LogP contribution >= 0.6 is 11.6 Å². The summed E-state index contributed by atoms with van der Waals surface area (Å²) in [5.41, 5.74) is 1.50. The molecule has 0 unspecified atom stereocenters. The summed E-state index contributed by atoms with van der Waals surface area (Å²) in [5.74, 6) is 0.468. The van der Waals surface area contributed by atoms with Crippen molar-refractivity contribution in [3.05, 3.63) is 39.7 Å². The maximum absolute atomic E-state index is 11.6. The SMILES string of the molecule is Cc1c(CCCl)c(=O)oc2cc(O)ccc12. The molecule has 3 nitrogen and oxygen atoms in total. The second-order valence-electron chi connectivity index (χ2n) is 3.61. The molecule has 0 aliphatic rings. The molecule has 1 aromatic heterocycles. The molecule has 0 amide bonds. The Balaban J connectivity index is 2.78. The molecule has 0 aliphatic carbocycles. The number of phenols is 1. The van der Waals surface area contributed by atoms with Crippen molar-refractivity contribution in [3.63, 3.8) is 0 Å². The molecule has 0 spiro atoms. The van der Waals surface area contributed by atoms with Crippen LogP contribution in [0.15, 0.2) is 27.4 Å². The Hall–Kier alpha value is -1.48. The Morgan fingerprint density at radius 2 is 2.19 bits per heavy atom. The number of alkyl halides is 1. The van der Waals surface area contributed by atoms with E-state index in [0.717, 1.165) is 10.9 Å². The molecule has 0 fully saturated rings. The molecule has 1 heterocycles. The van der Waals surface area contributed by atoms with Crippen LogP contribution in [0.4, 0.5) is 0 Å². The average Bonchev–Trinajstić information content (AvgIpc) is 2.23. The van der Waals surface area contributed by atoms with Gasteiger partial charge in [-0.3, -0.25) is 0 Å².